The number of piperazine rings is 1. The highest BCUT2D eigenvalue weighted by Gasteiger charge is 2.28. The van der Waals surface area contributed by atoms with Crippen LogP contribution in [-0.4, -0.2) is 56.8 Å². The number of nitrogens with one attached hydrogen (secondary N) is 1. The van der Waals surface area contributed by atoms with Crippen LogP contribution in [0.4, 0.5) is 15.8 Å². The molecule has 0 spiro atoms. The number of anilines is 2. The van der Waals surface area contributed by atoms with Crippen LogP contribution in [0.25, 0.3) is 10.9 Å². The highest BCUT2D eigenvalue weighted by atomic mass is 32.1. The van der Waals surface area contributed by atoms with Crippen molar-refractivity contribution in [2.75, 3.05) is 36.4 Å². The SMILES string of the molecule is O=C(O)c1cn(C2CC2)c2cc(N3CCN(C(=S)Nc4cccnc4)CC3)c(F)cc2c1=O. The summed E-state index contributed by atoms with van der Waals surface area (Å²) in [6, 6.07) is 6.70. The lowest BCUT2D eigenvalue weighted by Crippen LogP contribution is -2.50. The molecule has 3 aromatic rings. The number of benzene rings is 1. The molecule has 0 radical (unpaired) electrons. The summed E-state index contributed by atoms with van der Waals surface area (Å²) in [5, 5.41) is 13.3. The lowest BCUT2D eigenvalue weighted by molar-refractivity contribution is 0.0695. The van der Waals surface area contributed by atoms with Gasteiger partial charge in [-0.05, 0) is 49.3 Å². The Labute approximate surface area is 194 Å². The molecule has 2 aromatic heterocycles. The number of rotatable bonds is 4. The number of halogens is 1. The maximum atomic E-state index is 15.1. The third kappa shape index (κ3) is 4.13. The zero-order valence-electron chi connectivity index (χ0n) is 17.7. The minimum Gasteiger partial charge on any atom is -0.477 e. The van der Waals surface area contributed by atoms with Crippen molar-refractivity contribution < 1.29 is 14.3 Å². The molecule has 0 amide bonds. The second-order valence-electron chi connectivity index (χ2n) is 8.28. The Balaban J connectivity index is 1.39. The van der Waals surface area contributed by atoms with E-state index in [-0.39, 0.29) is 17.0 Å². The van der Waals surface area contributed by atoms with Gasteiger partial charge in [0.05, 0.1) is 23.1 Å². The van der Waals surface area contributed by atoms with E-state index >= 15 is 4.39 Å². The molecule has 1 saturated heterocycles. The number of fused-ring (bicyclic) bond motifs is 1. The van der Waals surface area contributed by atoms with Crippen molar-refractivity contribution in [3.05, 3.63) is 64.5 Å². The van der Waals surface area contributed by atoms with Crippen LogP contribution in [0.2, 0.25) is 0 Å². The van der Waals surface area contributed by atoms with Crippen LogP contribution in [-0.2, 0) is 0 Å². The number of hydrogen-bond acceptors (Lipinski definition) is 5. The largest absolute Gasteiger partial charge is 0.477 e. The van der Waals surface area contributed by atoms with Crippen molar-refractivity contribution in [2.45, 2.75) is 18.9 Å². The average Bonchev–Trinajstić information content (AvgIpc) is 3.65. The summed E-state index contributed by atoms with van der Waals surface area (Å²) in [5.74, 6) is -1.83. The first-order chi connectivity index (χ1) is 15.9. The predicted octanol–water partition coefficient (Wildman–Crippen LogP) is 3.09. The lowest BCUT2D eigenvalue weighted by atomic mass is 10.1. The van der Waals surface area contributed by atoms with Gasteiger partial charge in [-0.1, -0.05) is 0 Å². The normalized spacial score (nSPS) is 16.2. The van der Waals surface area contributed by atoms with Crippen molar-refractivity contribution in [3.8, 4) is 0 Å². The monoisotopic (exact) mass is 467 g/mol. The van der Waals surface area contributed by atoms with Crippen LogP contribution in [0.3, 0.4) is 0 Å². The molecule has 2 N–H and O–H groups in total. The average molecular weight is 468 g/mol. The van der Waals surface area contributed by atoms with E-state index in [0.717, 1.165) is 18.5 Å². The van der Waals surface area contributed by atoms with Crippen LogP contribution >= 0.6 is 12.2 Å². The molecule has 3 heterocycles. The molecule has 10 heteroatoms. The fourth-order valence-corrected chi connectivity index (χ4v) is 4.50. The van der Waals surface area contributed by atoms with Gasteiger partial charge in [-0.25, -0.2) is 9.18 Å². The van der Waals surface area contributed by atoms with Gasteiger partial charge >= 0.3 is 5.97 Å². The minimum atomic E-state index is -1.30. The molecule has 33 heavy (non-hydrogen) atoms. The maximum absolute atomic E-state index is 15.1. The van der Waals surface area contributed by atoms with Crippen molar-refractivity contribution in [1.29, 1.82) is 0 Å². The van der Waals surface area contributed by atoms with Crippen LogP contribution in [0.1, 0.15) is 29.2 Å². The Bertz CT molecular complexity index is 1300. The molecule has 1 aliphatic heterocycles. The van der Waals surface area contributed by atoms with Gasteiger partial charge in [0.1, 0.15) is 11.4 Å². The summed E-state index contributed by atoms with van der Waals surface area (Å²) < 4.78 is 16.9. The number of carboxylic acid groups (broad SMARTS) is 1. The molecule has 170 valence electrons. The van der Waals surface area contributed by atoms with E-state index in [1.165, 1.54) is 12.3 Å². The first kappa shape index (κ1) is 21.3. The molecule has 8 nitrogen and oxygen atoms in total. The number of aromatic carboxylic acids is 1. The summed E-state index contributed by atoms with van der Waals surface area (Å²) >= 11 is 5.51. The van der Waals surface area contributed by atoms with Gasteiger partial charge in [-0.3, -0.25) is 9.78 Å². The highest BCUT2D eigenvalue weighted by Crippen LogP contribution is 2.38. The number of hydrogen-bond donors (Lipinski definition) is 2. The molecule has 2 aliphatic rings. The first-order valence-corrected chi connectivity index (χ1v) is 11.2. The molecular formula is C23H22FN5O3S. The summed E-state index contributed by atoms with van der Waals surface area (Å²) in [6.45, 7) is 2.32. The van der Waals surface area contributed by atoms with Crippen LogP contribution < -0.4 is 15.6 Å². The molecule has 1 aliphatic carbocycles. The number of aromatic nitrogens is 2. The third-order valence-electron chi connectivity index (χ3n) is 6.09. The van der Waals surface area contributed by atoms with E-state index in [2.05, 4.69) is 10.3 Å². The minimum absolute atomic E-state index is 0.100. The van der Waals surface area contributed by atoms with Crippen LogP contribution in [0, 0.1) is 5.82 Å². The number of pyridine rings is 2. The van der Waals surface area contributed by atoms with Gasteiger partial charge in [-0.15, -0.1) is 0 Å². The standard InChI is InChI=1S/C23H22FN5O3S/c24-18-10-16-19(29(15-3-4-15)13-17(21(16)30)22(31)32)11-20(18)27-6-8-28(9-7-27)23(33)26-14-2-1-5-25-12-14/h1-2,5,10-13,15H,3-4,6-9H2,(H,26,33)(H,31,32). The zero-order valence-corrected chi connectivity index (χ0v) is 18.5. The van der Waals surface area contributed by atoms with Crippen LogP contribution in [0.15, 0.2) is 47.7 Å². The molecule has 1 saturated carbocycles. The summed E-state index contributed by atoms with van der Waals surface area (Å²) in [6.07, 6.45) is 6.60. The molecule has 5 rings (SSSR count). The maximum Gasteiger partial charge on any atom is 0.341 e. The fraction of sp³-hybridized carbons (Fsp3) is 0.304. The Morgan fingerprint density at radius 2 is 1.97 bits per heavy atom. The van der Waals surface area contributed by atoms with E-state index in [9.17, 15) is 14.7 Å². The van der Waals surface area contributed by atoms with E-state index in [1.54, 1.807) is 18.5 Å². The molecule has 1 aromatic carbocycles. The van der Waals surface area contributed by atoms with Gasteiger partial charge < -0.3 is 24.8 Å². The van der Waals surface area contributed by atoms with Crippen molar-refractivity contribution in [3.63, 3.8) is 0 Å². The number of thiocarbonyl (C=S) groups is 1. The van der Waals surface area contributed by atoms with Gasteiger partial charge in [0.25, 0.3) is 0 Å². The predicted molar refractivity (Wildman–Crippen MR) is 128 cm³/mol. The third-order valence-corrected chi connectivity index (χ3v) is 6.45. The number of carboxylic acids is 1. The Morgan fingerprint density at radius 3 is 2.61 bits per heavy atom. The van der Waals surface area contributed by atoms with Crippen molar-refractivity contribution in [2.24, 2.45) is 0 Å². The van der Waals surface area contributed by atoms with Gasteiger partial charge in [0.2, 0.25) is 5.43 Å². The summed E-state index contributed by atoms with van der Waals surface area (Å²) in [4.78, 5) is 32.2. The Kier molecular flexibility index (Phi) is 5.45. The van der Waals surface area contributed by atoms with E-state index < -0.39 is 17.2 Å². The number of carbonyl (C=O) groups is 1. The summed E-state index contributed by atoms with van der Waals surface area (Å²) in [7, 11) is 0. The van der Waals surface area contributed by atoms with E-state index in [0.29, 0.717) is 42.5 Å². The zero-order chi connectivity index (χ0) is 23.1. The molecule has 0 unspecified atom stereocenters. The van der Waals surface area contributed by atoms with Gasteiger partial charge in [-0.2, -0.15) is 0 Å². The first-order valence-electron chi connectivity index (χ1n) is 10.7. The van der Waals surface area contributed by atoms with Gasteiger partial charge in [0, 0.05) is 50.0 Å². The van der Waals surface area contributed by atoms with Crippen molar-refractivity contribution >= 4 is 45.6 Å². The van der Waals surface area contributed by atoms with Crippen molar-refractivity contribution in [1.82, 2.24) is 14.5 Å². The molecule has 0 bridgehead atoms. The van der Waals surface area contributed by atoms with E-state index in [1.807, 2.05) is 26.5 Å². The molecular weight excluding hydrogens is 445 g/mol. The summed E-state index contributed by atoms with van der Waals surface area (Å²) in [5.41, 5.74) is 0.802. The quantitative estimate of drug-likeness (QED) is 0.566. The molecule has 0 atom stereocenters. The Morgan fingerprint density at radius 1 is 1.21 bits per heavy atom. The van der Waals surface area contributed by atoms with Crippen LogP contribution in [0.5, 0.6) is 0 Å². The highest BCUT2D eigenvalue weighted by molar-refractivity contribution is 7.80. The Hall–Kier alpha value is -3.53. The number of nitrogens with zero attached hydrogens (tertiary/aromatic N) is 4. The van der Waals surface area contributed by atoms with Gasteiger partial charge in [0.15, 0.2) is 5.11 Å². The topological polar surface area (TPSA) is 90.7 Å². The second kappa shape index (κ2) is 8.43. The fourth-order valence-electron chi connectivity index (χ4n) is 4.20. The molecule has 2 fully saturated rings. The smallest absolute Gasteiger partial charge is 0.341 e. The van der Waals surface area contributed by atoms with E-state index in [4.69, 9.17) is 12.2 Å². The second-order valence-corrected chi connectivity index (χ2v) is 8.67. The lowest BCUT2D eigenvalue weighted by Gasteiger charge is -2.37.